The molecule has 1 fully saturated rings. The van der Waals surface area contributed by atoms with E-state index < -0.39 is 0 Å². The molecule has 2 heteroatoms. The van der Waals surface area contributed by atoms with Crippen LogP contribution >= 0.6 is 11.6 Å². The molecule has 0 radical (unpaired) electrons. The van der Waals surface area contributed by atoms with Crippen molar-refractivity contribution in [1.82, 2.24) is 0 Å². The molecule has 0 N–H and O–H groups in total. The Bertz CT molecular complexity index is 999. The van der Waals surface area contributed by atoms with E-state index in [2.05, 4.69) is 61.5 Å². The zero-order valence-electron chi connectivity index (χ0n) is 18.1. The third-order valence-electron chi connectivity index (χ3n) is 6.73. The zero-order valence-corrected chi connectivity index (χ0v) is 18.9. The van der Waals surface area contributed by atoms with E-state index in [1.165, 1.54) is 49.3 Å². The van der Waals surface area contributed by atoms with Crippen LogP contribution in [-0.2, 0) is 0 Å². The van der Waals surface area contributed by atoms with Gasteiger partial charge in [0.1, 0.15) is 5.82 Å². The van der Waals surface area contributed by atoms with Gasteiger partial charge in [0, 0.05) is 10.6 Å². The summed E-state index contributed by atoms with van der Waals surface area (Å²) in [6, 6.07) is 24.4. The number of rotatable bonds is 6. The van der Waals surface area contributed by atoms with Crippen LogP contribution < -0.4 is 0 Å². The van der Waals surface area contributed by atoms with Gasteiger partial charge < -0.3 is 0 Å². The Labute approximate surface area is 190 Å². The fourth-order valence-corrected chi connectivity index (χ4v) is 5.01. The van der Waals surface area contributed by atoms with Crippen LogP contribution in [0.5, 0.6) is 0 Å². The van der Waals surface area contributed by atoms with Crippen LogP contribution in [0.1, 0.15) is 73.1 Å². The molecule has 0 nitrogen and oxygen atoms in total. The molecule has 0 saturated heterocycles. The molecular formula is C29H30ClF. The summed E-state index contributed by atoms with van der Waals surface area (Å²) < 4.78 is 13.9. The minimum absolute atomic E-state index is 0.293. The predicted molar refractivity (Wildman–Crippen MR) is 131 cm³/mol. The highest BCUT2D eigenvalue weighted by Gasteiger charge is 2.24. The molecule has 1 saturated carbocycles. The molecule has 31 heavy (non-hydrogen) atoms. The van der Waals surface area contributed by atoms with Gasteiger partial charge in [0.05, 0.1) is 0 Å². The Kier molecular flexibility index (Phi) is 7.25. The minimum atomic E-state index is -0.293. The monoisotopic (exact) mass is 432 g/mol. The van der Waals surface area contributed by atoms with Gasteiger partial charge in [-0.05, 0) is 78.7 Å². The average molecular weight is 433 g/mol. The van der Waals surface area contributed by atoms with Crippen molar-refractivity contribution in [3.8, 4) is 0 Å². The fraction of sp³-hybridized carbons (Fsp3) is 0.310. The normalized spacial score (nSPS) is 20.1. The topological polar surface area (TPSA) is 0 Å². The van der Waals surface area contributed by atoms with Gasteiger partial charge in [0.15, 0.2) is 0 Å². The first-order valence-electron chi connectivity index (χ1n) is 11.4. The molecule has 0 spiro atoms. The van der Waals surface area contributed by atoms with Crippen molar-refractivity contribution in [2.45, 2.75) is 50.9 Å². The van der Waals surface area contributed by atoms with Crippen molar-refractivity contribution < 1.29 is 4.39 Å². The van der Waals surface area contributed by atoms with Crippen molar-refractivity contribution in [3.63, 3.8) is 0 Å². The van der Waals surface area contributed by atoms with Crippen molar-refractivity contribution >= 4 is 23.8 Å². The first-order valence-corrected chi connectivity index (χ1v) is 11.7. The predicted octanol–water partition coefficient (Wildman–Crippen LogP) is 9.12. The van der Waals surface area contributed by atoms with Crippen LogP contribution in [0.4, 0.5) is 4.39 Å². The summed E-state index contributed by atoms with van der Waals surface area (Å²) in [6.07, 6.45) is 10.2. The molecule has 0 unspecified atom stereocenters. The highest BCUT2D eigenvalue weighted by molar-refractivity contribution is 6.30. The molecule has 1 aliphatic rings. The van der Waals surface area contributed by atoms with Crippen LogP contribution in [0.3, 0.4) is 0 Å². The average Bonchev–Trinajstić information content (AvgIpc) is 2.80. The van der Waals surface area contributed by atoms with E-state index in [1.807, 2.05) is 6.08 Å². The van der Waals surface area contributed by atoms with E-state index in [-0.39, 0.29) is 5.82 Å². The molecule has 0 amide bonds. The van der Waals surface area contributed by atoms with Gasteiger partial charge in [-0.2, -0.15) is 0 Å². The molecule has 0 aromatic heterocycles. The molecule has 0 bridgehead atoms. The molecule has 3 aromatic rings. The maximum absolute atomic E-state index is 13.9. The van der Waals surface area contributed by atoms with E-state index in [0.717, 1.165) is 11.5 Å². The Hall–Kier alpha value is -2.38. The van der Waals surface area contributed by atoms with E-state index in [1.54, 1.807) is 18.2 Å². The van der Waals surface area contributed by atoms with E-state index in [0.29, 0.717) is 22.4 Å². The van der Waals surface area contributed by atoms with Crippen molar-refractivity contribution in [2.75, 3.05) is 0 Å². The molecule has 3 aromatic carbocycles. The lowest BCUT2D eigenvalue weighted by Gasteiger charge is -2.30. The first kappa shape index (κ1) is 21.8. The minimum Gasteiger partial charge on any atom is -0.206 e. The highest BCUT2D eigenvalue weighted by Crippen LogP contribution is 2.39. The van der Waals surface area contributed by atoms with Gasteiger partial charge in [-0.15, -0.1) is 0 Å². The van der Waals surface area contributed by atoms with Gasteiger partial charge in [0.25, 0.3) is 0 Å². The second-order valence-corrected chi connectivity index (χ2v) is 9.37. The summed E-state index contributed by atoms with van der Waals surface area (Å²) in [5.41, 5.74) is 4.54. The maximum atomic E-state index is 13.9. The van der Waals surface area contributed by atoms with Crippen LogP contribution in [0.25, 0.3) is 12.2 Å². The summed E-state index contributed by atoms with van der Waals surface area (Å²) in [5.74, 6) is 1.84. The number of hydrogen-bond donors (Lipinski definition) is 0. The quantitative estimate of drug-likeness (QED) is 0.340. The Morgan fingerprint density at radius 1 is 0.903 bits per heavy atom. The summed E-state index contributed by atoms with van der Waals surface area (Å²) in [6.45, 7) is 2.36. The number of hydrogen-bond acceptors (Lipinski definition) is 0. The number of halogens is 2. The smallest absolute Gasteiger partial charge is 0.131 e. The van der Waals surface area contributed by atoms with Crippen molar-refractivity contribution in [2.24, 2.45) is 5.92 Å². The van der Waals surface area contributed by atoms with Gasteiger partial charge >= 0.3 is 0 Å². The summed E-state index contributed by atoms with van der Waals surface area (Å²) in [7, 11) is 0. The lowest BCUT2D eigenvalue weighted by Crippen LogP contribution is -2.15. The third kappa shape index (κ3) is 5.86. The summed E-state index contributed by atoms with van der Waals surface area (Å²) in [5, 5.41) is 0.420. The van der Waals surface area contributed by atoms with E-state index >= 15 is 0 Å². The van der Waals surface area contributed by atoms with Gasteiger partial charge in [0.2, 0.25) is 0 Å². The molecule has 0 heterocycles. The summed E-state index contributed by atoms with van der Waals surface area (Å²) in [4.78, 5) is 0. The van der Waals surface area contributed by atoms with Crippen molar-refractivity contribution in [3.05, 3.63) is 106 Å². The molecule has 1 atom stereocenters. The lowest BCUT2D eigenvalue weighted by molar-refractivity contribution is 0.297. The lowest BCUT2D eigenvalue weighted by atomic mass is 9.75. The number of benzene rings is 3. The maximum Gasteiger partial charge on any atom is 0.131 e. The third-order valence-corrected chi connectivity index (χ3v) is 6.96. The standard InChI is InChI=1S/C29H30ClF/c1-21(24-5-3-2-4-6-24)19-23-10-14-26(15-11-23)25-12-7-22(8-13-25)9-16-27-17-18-28(30)20-29(27)31/h2-9,12-13,16-18,20-21,23,26H,10-11,14-15,19H2,1H3/t21-,23?,26?/m0/s1. The van der Waals surface area contributed by atoms with Gasteiger partial charge in [-0.1, -0.05) is 91.3 Å². The van der Waals surface area contributed by atoms with E-state index in [4.69, 9.17) is 11.6 Å². The van der Waals surface area contributed by atoms with Gasteiger partial charge in [-0.25, -0.2) is 4.39 Å². The molecular weight excluding hydrogens is 403 g/mol. The fourth-order valence-electron chi connectivity index (χ4n) is 4.85. The second kappa shape index (κ2) is 10.3. The van der Waals surface area contributed by atoms with Crippen LogP contribution in [-0.4, -0.2) is 0 Å². The molecule has 4 rings (SSSR count). The molecule has 0 aliphatic heterocycles. The molecule has 160 valence electrons. The second-order valence-electron chi connectivity index (χ2n) is 8.93. The SMILES string of the molecule is C[C@@H](CC1CCC(c2ccc(C=Cc3ccc(Cl)cc3F)cc2)CC1)c1ccccc1. The van der Waals surface area contributed by atoms with E-state index in [9.17, 15) is 4.39 Å². The molecule has 1 aliphatic carbocycles. The zero-order chi connectivity index (χ0) is 21.6. The Morgan fingerprint density at radius 3 is 2.29 bits per heavy atom. The van der Waals surface area contributed by atoms with Crippen LogP contribution in [0, 0.1) is 11.7 Å². The largest absolute Gasteiger partial charge is 0.206 e. The Morgan fingerprint density at radius 2 is 1.61 bits per heavy atom. The van der Waals surface area contributed by atoms with Crippen LogP contribution in [0.15, 0.2) is 72.8 Å². The first-order chi connectivity index (χ1) is 15.1. The highest BCUT2D eigenvalue weighted by atomic mass is 35.5. The Balaban J connectivity index is 1.30. The van der Waals surface area contributed by atoms with Crippen molar-refractivity contribution in [1.29, 1.82) is 0 Å². The summed E-state index contributed by atoms with van der Waals surface area (Å²) >= 11 is 5.82. The van der Waals surface area contributed by atoms with Crippen LogP contribution in [0.2, 0.25) is 5.02 Å². The van der Waals surface area contributed by atoms with Gasteiger partial charge in [-0.3, -0.25) is 0 Å².